The number of fused-ring (bicyclic) bond motifs is 1. The number of methoxy groups -OCH3 is 1. The molecule has 2 N–H and O–H groups in total. The van der Waals surface area contributed by atoms with Crippen molar-refractivity contribution in [2.24, 2.45) is 0 Å². The van der Waals surface area contributed by atoms with E-state index in [1.807, 2.05) is 50.1 Å². The average molecular weight is 394 g/mol. The molecule has 29 heavy (non-hydrogen) atoms. The summed E-state index contributed by atoms with van der Waals surface area (Å²) in [7, 11) is 1.67. The van der Waals surface area contributed by atoms with Crippen molar-refractivity contribution >= 4 is 16.9 Å². The van der Waals surface area contributed by atoms with Gasteiger partial charge in [0.25, 0.3) is 0 Å². The predicted octanol–water partition coefficient (Wildman–Crippen LogP) is 5.04. The molecule has 0 atom stereocenters. The summed E-state index contributed by atoms with van der Waals surface area (Å²) in [5, 5.41) is 4.23. The van der Waals surface area contributed by atoms with Crippen LogP contribution in [0.25, 0.3) is 10.9 Å². The van der Waals surface area contributed by atoms with Gasteiger partial charge in [-0.3, -0.25) is 0 Å². The first-order valence-electron chi connectivity index (χ1n) is 10.0. The lowest BCUT2D eigenvalue weighted by atomic mass is 10.1. The molecule has 0 fully saturated rings. The van der Waals surface area contributed by atoms with Gasteiger partial charge in [-0.05, 0) is 63.4 Å². The van der Waals surface area contributed by atoms with Crippen LogP contribution < -0.4 is 10.1 Å². The molecule has 0 bridgehead atoms. The van der Waals surface area contributed by atoms with E-state index in [0.717, 1.165) is 28.6 Å². The Morgan fingerprint density at radius 3 is 2.52 bits per heavy atom. The van der Waals surface area contributed by atoms with E-state index in [1.54, 1.807) is 7.11 Å². The molecular weight excluding hydrogens is 362 g/mol. The number of aryl methyl sites for hydroxylation is 1. The third kappa shape index (κ3) is 5.53. The third-order valence-corrected chi connectivity index (χ3v) is 4.89. The Labute approximate surface area is 173 Å². The average Bonchev–Trinajstić information content (AvgIpc) is 3.07. The van der Waals surface area contributed by atoms with Crippen molar-refractivity contribution in [1.82, 2.24) is 15.2 Å². The van der Waals surface area contributed by atoms with Crippen LogP contribution >= 0.6 is 0 Å². The second-order valence-electron chi connectivity index (χ2n) is 8.56. The molecule has 1 aromatic heterocycles. The number of amides is 2. The van der Waals surface area contributed by atoms with E-state index in [0.29, 0.717) is 13.1 Å². The number of carbonyl (C=O) groups is 1. The number of hydrogen-bond donors (Lipinski definition) is 2. The molecule has 2 amide bonds. The predicted molar refractivity (Wildman–Crippen MR) is 118 cm³/mol. The number of aromatic amines is 1. The zero-order chi connectivity index (χ0) is 21.0. The standard InChI is InChI=1S/C24H31N3O2/c1-17-6-8-18(9-7-17)16-27(23(28)26-24(2,3)4)13-12-19-15-25-22-11-10-20(29-5)14-21(19)22/h6-11,14-15,25H,12-13,16H2,1-5H3,(H,26,28). The fourth-order valence-corrected chi connectivity index (χ4v) is 3.31. The van der Waals surface area contributed by atoms with Gasteiger partial charge in [0.05, 0.1) is 7.11 Å². The highest BCUT2D eigenvalue weighted by Gasteiger charge is 2.20. The molecule has 0 saturated carbocycles. The highest BCUT2D eigenvalue weighted by atomic mass is 16.5. The Morgan fingerprint density at radius 2 is 1.86 bits per heavy atom. The van der Waals surface area contributed by atoms with Crippen molar-refractivity contribution in [3.8, 4) is 5.75 Å². The van der Waals surface area contributed by atoms with Crippen molar-refractivity contribution in [3.63, 3.8) is 0 Å². The second-order valence-corrected chi connectivity index (χ2v) is 8.56. The Morgan fingerprint density at radius 1 is 1.14 bits per heavy atom. The normalized spacial score (nSPS) is 11.5. The first-order chi connectivity index (χ1) is 13.7. The maximum atomic E-state index is 12.9. The first-order valence-corrected chi connectivity index (χ1v) is 10.0. The minimum Gasteiger partial charge on any atom is -0.497 e. The molecule has 1 heterocycles. The summed E-state index contributed by atoms with van der Waals surface area (Å²) < 4.78 is 5.37. The molecule has 5 heteroatoms. The Kier molecular flexibility index (Phi) is 6.16. The highest BCUT2D eigenvalue weighted by Crippen LogP contribution is 2.24. The van der Waals surface area contributed by atoms with Crippen molar-refractivity contribution in [1.29, 1.82) is 0 Å². The van der Waals surface area contributed by atoms with Crippen LogP contribution in [0.4, 0.5) is 4.79 Å². The lowest BCUT2D eigenvalue weighted by Gasteiger charge is -2.28. The highest BCUT2D eigenvalue weighted by molar-refractivity contribution is 5.84. The monoisotopic (exact) mass is 393 g/mol. The van der Waals surface area contributed by atoms with Crippen molar-refractivity contribution in [2.45, 2.75) is 46.2 Å². The summed E-state index contributed by atoms with van der Waals surface area (Å²) in [6.07, 6.45) is 2.78. The molecule has 3 rings (SSSR count). The summed E-state index contributed by atoms with van der Waals surface area (Å²) >= 11 is 0. The smallest absolute Gasteiger partial charge is 0.318 e. The molecular formula is C24H31N3O2. The number of hydrogen-bond acceptors (Lipinski definition) is 2. The number of rotatable bonds is 6. The maximum absolute atomic E-state index is 12.9. The second kappa shape index (κ2) is 8.60. The Balaban J connectivity index is 1.79. The van der Waals surface area contributed by atoms with Crippen LogP contribution in [0.5, 0.6) is 5.75 Å². The minimum atomic E-state index is -0.281. The molecule has 154 valence electrons. The van der Waals surface area contributed by atoms with E-state index in [2.05, 4.69) is 41.5 Å². The van der Waals surface area contributed by atoms with Crippen LogP contribution in [-0.4, -0.2) is 35.1 Å². The van der Waals surface area contributed by atoms with Gasteiger partial charge in [-0.15, -0.1) is 0 Å². The number of ether oxygens (including phenoxy) is 1. The lowest BCUT2D eigenvalue weighted by Crippen LogP contribution is -2.48. The number of aromatic nitrogens is 1. The van der Waals surface area contributed by atoms with E-state index < -0.39 is 0 Å². The number of nitrogens with one attached hydrogen (secondary N) is 2. The van der Waals surface area contributed by atoms with Crippen LogP contribution in [0.3, 0.4) is 0 Å². The molecule has 0 unspecified atom stereocenters. The van der Waals surface area contributed by atoms with Gasteiger partial charge in [0.1, 0.15) is 5.75 Å². The van der Waals surface area contributed by atoms with E-state index >= 15 is 0 Å². The Hall–Kier alpha value is -2.95. The first kappa shape index (κ1) is 20.8. The molecule has 2 aromatic carbocycles. The largest absolute Gasteiger partial charge is 0.497 e. The van der Waals surface area contributed by atoms with Crippen LogP contribution in [-0.2, 0) is 13.0 Å². The summed E-state index contributed by atoms with van der Waals surface area (Å²) in [4.78, 5) is 18.1. The number of nitrogens with zero attached hydrogens (tertiary/aromatic N) is 1. The van der Waals surface area contributed by atoms with Gasteiger partial charge in [-0.2, -0.15) is 0 Å². The molecule has 0 spiro atoms. The van der Waals surface area contributed by atoms with Gasteiger partial charge in [-0.1, -0.05) is 29.8 Å². The molecule has 3 aromatic rings. The van der Waals surface area contributed by atoms with Gasteiger partial charge in [0, 0.05) is 35.7 Å². The third-order valence-electron chi connectivity index (χ3n) is 4.89. The zero-order valence-electron chi connectivity index (χ0n) is 18.0. The van der Waals surface area contributed by atoms with Crippen LogP contribution in [0, 0.1) is 6.92 Å². The van der Waals surface area contributed by atoms with Crippen LogP contribution in [0.1, 0.15) is 37.5 Å². The van der Waals surface area contributed by atoms with Crippen LogP contribution in [0.15, 0.2) is 48.7 Å². The fourth-order valence-electron chi connectivity index (χ4n) is 3.31. The van der Waals surface area contributed by atoms with Crippen LogP contribution in [0.2, 0.25) is 0 Å². The minimum absolute atomic E-state index is 0.0458. The van der Waals surface area contributed by atoms with Gasteiger partial charge in [0.2, 0.25) is 0 Å². The number of benzene rings is 2. The fraction of sp³-hybridized carbons (Fsp3) is 0.375. The van der Waals surface area contributed by atoms with Crippen molar-refractivity contribution in [3.05, 3.63) is 65.4 Å². The maximum Gasteiger partial charge on any atom is 0.318 e. The number of H-pyrrole nitrogens is 1. The van der Waals surface area contributed by atoms with Gasteiger partial charge >= 0.3 is 6.03 Å². The molecule has 0 saturated heterocycles. The van der Waals surface area contributed by atoms with E-state index in [-0.39, 0.29) is 11.6 Å². The van der Waals surface area contributed by atoms with Crippen molar-refractivity contribution < 1.29 is 9.53 Å². The summed E-state index contributed by atoms with van der Waals surface area (Å²) in [5.41, 5.74) is 4.31. The van der Waals surface area contributed by atoms with Gasteiger partial charge in [0.15, 0.2) is 0 Å². The van der Waals surface area contributed by atoms with Gasteiger partial charge in [-0.25, -0.2) is 4.79 Å². The zero-order valence-corrected chi connectivity index (χ0v) is 18.0. The summed E-state index contributed by atoms with van der Waals surface area (Å²) in [6, 6.07) is 14.3. The lowest BCUT2D eigenvalue weighted by molar-refractivity contribution is 0.186. The SMILES string of the molecule is COc1ccc2[nH]cc(CCN(Cc3ccc(C)cc3)C(=O)NC(C)(C)C)c2c1. The summed E-state index contributed by atoms with van der Waals surface area (Å²) in [6.45, 7) is 9.27. The molecule has 0 aliphatic heterocycles. The number of urea groups is 1. The molecule has 0 aliphatic rings. The van der Waals surface area contributed by atoms with Crippen molar-refractivity contribution in [2.75, 3.05) is 13.7 Å². The topological polar surface area (TPSA) is 57.4 Å². The quantitative estimate of drug-likeness (QED) is 0.616. The molecule has 0 radical (unpaired) electrons. The van der Waals surface area contributed by atoms with E-state index in [4.69, 9.17) is 4.74 Å². The van der Waals surface area contributed by atoms with E-state index in [9.17, 15) is 4.79 Å². The van der Waals surface area contributed by atoms with E-state index in [1.165, 1.54) is 11.1 Å². The van der Waals surface area contributed by atoms with Gasteiger partial charge < -0.3 is 19.9 Å². The summed E-state index contributed by atoms with van der Waals surface area (Å²) in [5.74, 6) is 0.834. The number of carbonyl (C=O) groups excluding carboxylic acids is 1. The molecule has 0 aliphatic carbocycles. The Bertz CT molecular complexity index is 968. The molecule has 5 nitrogen and oxygen atoms in total.